The average Bonchev–Trinajstić information content (AvgIpc) is 2.87. The molecule has 2 heterocycles. The minimum Gasteiger partial charge on any atom is -0.310 e. The molecule has 4 rings (SSSR count). The number of benzene rings is 2. The second-order valence-corrected chi connectivity index (χ2v) is 7.92. The quantitative estimate of drug-likeness (QED) is 0.745. The Balaban J connectivity index is 1.71. The van der Waals surface area contributed by atoms with Crippen LogP contribution in [0.5, 0.6) is 0 Å². The molecule has 2 aliphatic rings. The number of imide groups is 1. The molecule has 0 fully saturated rings. The van der Waals surface area contributed by atoms with Crippen LogP contribution < -0.4 is 0 Å². The molecule has 0 aliphatic carbocycles. The Kier molecular flexibility index (Phi) is 5.05. The van der Waals surface area contributed by atoms with Crippen molar-refractivity contribution in [2.24, 2.45) is 5.92 Å². The van der Waals surface area contributed by atoms with Crippen LogP contribution in [0, 0.1) is 5.92 Å². The molecule has 5 heteroatoms. The van der Waals surface area contributed by atoms with Gasteiger partial charge in [-0.1, -0.05) is 62.4 Å². The standard InChI is InChI=1S/C24H24N2O3/c1-16(2)15-25-20(17-9-4-3-5-10-17)13-8-14-21(24(25)29)26-22(27)18-11-6-7-12-19(18)23(26)28/h3-7,9-13,16,21H,8,14-15H2,1-2H3/t21-/m0/s1. The number of allylic oxidation sites excluding steroid dienone is 1. The molecular weight excluding hydrogens is 364 g/mol. The van der Waals surface area contributed by atoms with Crippen LogP contribution in [0.3, 0.4) is 0 Å². The lowest BCUT2D eigenvalue weighted by Crippen LogP contribution is -2.50. The van der Waals surface area contributed by atoms with Crippen molar-refractivity contribution in [3.63, 3.8) is 0 Å². The van der Waals surface area contributed by atoms with Crippen LogP contribution in [-0.4, -0.2) is 40.1 Å². The van der Waals surface area contributed by atoms with E-state index in [4.69, 9.17) is 0 Å². The van der Waals surface area contributed by atoms with Crippen LogP contribution in [0.1, 0.15) is 53.0 Å². The SMILES string of the molecule is CC(C)CN1C(=O)[C@@H](N2C(=O)c3ccccc3C2=O)CCC=C1c1ccccc1. The molecule has 148 valence electrons. The second kappa shape index (κ2) is 7.66. The molecule has 5 nitrogen and oxygen atoms in total. The molecule has 0 unspecified atom stereocenters. The average molecular weight is 388 g/mol. The van der Waals surface area contributed by atoms with E-state index >= 15 is 0 Å². The van der Waals surface area contributed by atoms with E-state index in [1.54, 1.807) is 29.2 Å². The Labute approximate surface area is 170 Å². The molecule has 2 aromatic rings. The Morgan fingerprint density at radius 3 is 2.07 bits per heavy atom. The summed E-state index contributed by atoms with van der Waals surface area (Å²) in [6.45, 7) is 4.63. The van der Waals surface area contributed by atoms with Gasteiger partial charge in [0.1, 0.15) is 6.04 Å². The van der Waals surface area contributed by atoms with E-state index in [9.17, 15) is 14.4 Å². The Hall–Kier alpha value is -3.21. The number of rotatable bonds is 4. The summed E-state index contributed by atoms with van der Waals surface area (Å²) in [5, 5.41) is 0. The number of hydrogen-bond acceptors (Lipinski definition) is 3. The molecule has 0 saturated heterocycles. The third kappa shape index (κ3) is 3.37. The zero-order valence-electron chi connectivity index (χ0n) is 16.7. The highest BCUT2D eigenvalue weighted by atomic mass is 16.2. The predicted octanol–water partition coefficient (Wildman–Crippen LogP) is 3.97. The fourth-order valence-corrected chi connectivity index (χ4v) is 4.08. The van der Waals surface area contributed by atoms with Gasteiger partial charge in [-0.05, 0) is 36.5 Å². The van der Waals surface area contributed by atoms with Gasteiger partial charge in [-0.3, -0.25) is 19.3 Å². The highest BCUT2D eigenvalue weighted by Crippen LogP contribution is 2.32. The second-order valence-electron chi connectivity index (χ2n) is 7.92. The van der Waals surface area contributed by atoms with E-state index in [0.717, 1.165) is 11.3 Å². The smallest absolute Gasteiger partial charge is 0.262 e. The summed E-state index contributed by atoms with van der Waals surface area (Å²) in [7, 11) is 0. The third-order valence-corrected chi connectivity index (χ3v) is 5.37. The van der Waals surface area contributed by atoms with Crippen molar-refractivity contribution in [2.45, 2.75) is 32.7 Å². The number of fused-ring (bicyclic) bond motifs is 1. The van der Waals surface area contributed by atoms with Gasteiger partial charge in [-0.25, -0.2) is 0 Å². The maximum Gasteiger partial charge on any atom is 0.262 e. The van der Waals surface area contributed by atoms with E-state index in [2.05, 4.69) is 13.8 Å². The fraction of sp³-hybridized carbons (Fsp3) is 0.292. The van der Waals surface area contributed by atoms with Crippen molar-refractivity contribution in [1.82, 2.24) is 9.80 Å². The van der Waals surface area contributed by atoms with Crippen molar-refractivity contribution in [3.8, 4) is 0 Å². The Morgan fingerprint density at radius 1 is 0.897 bits per heavy atom. The molecule has 3 amide bonds. The van der Waals surface area contributed by atoms with E-state index in [0.29, 0.717) is 30.5 Å². The largest absolute Gasteiger partial charge is 0.310 e. The first-order chi connectivity index (χ1) is 14.0. The monoisotopic (exact) mass is 388 g/mol. The maximum atomic E-state index is 13.6. The number of amides is 3. The zero-order chi connectivity index (χ0) is 20.5. The minimum absolute atomic E-state index is 0.194. The summed E-state index contributed by atoms with van der Waals surface area (Å²) in [4.78, 5) is 42.5. The number of nitrogens with zero attached hydrogens (tertiary/aromatic N) is 2. The van der Waals surface area contributed by atoms with Crippen molar-refractivity contribution in [2.75, 3.05) is 6.54 Å². The van der Waals surface area contributed by atoms with Gasteiger partial charge in [0.15, 0.2) is 0 Å². The van der Waals surface area contributed by atoms with Crippen LogP contribution >= 0.6 is 0 Å². The van der Waals surface area contributed by atoms with Crippen LogP contribution in [0.2, 0.25) is 0 Å². The Bertz CT molecular complexity index is 959. The first-order valence-electron chi connectivity index (χ1n) is 10.0. The number of carbonyl (C=O) groups excluding carboxylic acids is 3. The van der Waals surface area contributed by atoms with Crippen LogP contribution in [0.15, 0.2) is 60.7 Å². The molecule has 0 saturated carbocycles. The summed E-state index contributed by atoms with van der Waals surface area (Å²) in [6, 6.07) is 15.8. The van der Waals surface area contributed by atoms with Gasteiger partial charge in [0.2, 0.25) is 5.91 Å². The third-order valence-electron chi connectivity index (χ3n) is 5.37. The first kappa shape index (κ1) is 19.1. The molecule has 0 radical (unpaired) electrons. The van der Waals surface area contributed by atoms with Gasteiger partial charge in [0.25, 0.3) is 11.8 Å². The molecule has 0 N–H and O–H groups in total. The molecule has 0 aromatic heterocycles. The number of carbonyl (C=O) groups is 3. The molecule has 0 bridgehead atoms. The number of hydrogen-bond donors (Lipinski definition) is 0. The van der Waals surface area contributed by atoms with Gasteiger partial charge in [-0.15, -0.1) is 0 Å². The highest BCUT2D eigenvalue weighted by molar-refractivity contribution is 6.23. The van der Waals surface area contributed by atoms with Crippen LogP contribution in [-0.2, 0) is 4.79 Å². The lowest BCUT2D eigenvalue weighted by Gasteiger charge is -2.32. The fourth-order valence-electron chi connectivity index (χ4n) is 4.08. The van der Waals surface area contributed by atoms with E-state index in [-0.39, 0.29) is 23.6 Å². The lowest BCUT2D eigenvalue weighted by atomic mass is 10.1. The van der Waals surface area contributed by atoms with Crippen molar-refractivity contribution in [1.29, 1.82) is 0 Å². The summed E-state index contributed by atoms with van der Waals surface area (Å²) in [5.41, 5.74) is 2.57. The van der Waals surface area contributed by atoms with Crippen molar-refractivity contribution >= 4 is 23.4 Å². The van der Waals surface area contributed by atoms with E-state index < -0.39 is 6.04 Å². The van der Waals surface area contributed by atoms with Crippen LogP contribution in [0.4, 0.5) is 0 Å². The molecule has 0 spiro atoms. The summed E-state index contributed by atoms with van der Waals surface area (Å²) >= 11 is 0. The summed E-state index contributed by atoms with van der Waals surface area (Å²) < 4.78 is 0. The predicted molar refractivity (Wildman–Crippen MR) is 111 cm³/mol. The molecular formula is C24H24N2O3. The van der Waals surface area contributed by atoms with Gasteiger partial charge < -0.3 is 4.90 Å². The van der Waals surface area contributed by atoms with Gasteiger partial charge in [0, 0.05) is 12.2 Å². The normalized spacial score (nSPS) is 19.5. The molecule has 29 heavy (non-hydrogen) atoms. The molecule has 1 atom stereocenters. The van der Waals surface area contributed by atoms with E-state index in [1.165, 1.54) is 4.90 Å². The summed E-state index contributed by atoms with van der Waals surface area (Å²) in [5.74, 6) is -0.707. The molecule has 2 aromatic carbocycles. The van der Waals surface area contributed by atoms with Crippen LogP contribution in [0.25, 0.3) is 5.70 Å². The lowest BCUT2D eigenvalue weighted by molar-refractivity contribution is -0.132. The van der Waals surface area contributed by atoms with Gasteiger partial charge in [0.05, 0.1) is 11.1 Å². The highest BCUT2D eigenvalue weighted by Gasteiger charge is 2.44. The topological polar surface area (TPSA) is 57.7 Å². The van der Waals surface area contributed by atoms with Crippen molar-refractivity contribution < 1.29 is 14.4 Å². The zero-order valence-corrected chi connectivity index (χ0v) is 16.7. The van der Waals surface area contributed by atoms with Gasteiger partial charge >= 0.3 is 0 Å². The van der Waals surface area contributed by atoms with E-state index in [1.807, 2.05) is 36.4 Å². The minimum atomic E-state index is -0.793. The summed E-state index contributed by atoms with van der Waals surface area (Å²) in [6.07, 6.45) is 3.09. The van der Waals surface area contributed by atoms with Gasteiger partial charge in [-0.2, -0.15) is 0 Å². The maximum absolute atomic E-state index is 13.6. The Morgan fingerprint density at radius 2 is 1.48 bits per heavy atom. The first-order valence-corrected chi connectivity index (χ1v) is 10.0. The molecule has 2 aliphatic heterocycles. The van der Waals surface area contributed by atoms with Crippen molar-refractivity contribution in [3.05, 3.63) is 77.4 Å².